The molecule has 1 N–H and O–H groups in total. The van der Waals surface area contributed by atoms with Gasteiger partial charge in [-0.3, -0.25) is 14.2 Å². The fourth-order valence-corrected chi connectivity index (χ4v) is 4.07. The van der Waals surface area contributed by atoms with Gasteiger partial charge in [0, 0.05) is 17.1 Å². The number of amides is 1. The van der Waals surface area contributed by atoms with E-state index in [1.165, 1.54) is 17.0 Å². The van der Waals surface area contributed by atoms with Crippen LogP contribution < -0.4 is 15.6 Å². The lowest BCUT2D eigenvalue weighted by atomic mass is 10.2. The molecular formula is C26H20F2N4O3. The summed E-state index contributed by atoms with van der Waals surface area (Å²) in [5, 5.41) is 3.29. The van der Waals surface area contributed by atoms with Gasteiger partial charge in [-0.05, 0) is 35.9 Å². The van der Waals surface area contributed by atoms with Gasteiger partial charge in [-0.2, -0.15) is 0 Å². The predicted octanol–water partition coefficient (Wildman–Crippen LogP) is 4.33. The maximum atomic E-state index is 13.6. The van der Waals surface area contributed by atoms with Crippen LogP contribution in [0.2, 0.25) is 0 Å². The Morgan fingerprint density at radius 3 is 2.54 bits per heavy atom. The van der Waals surface area contributed by atoms with Crippen LogP contribution >= 0.6 is 0 Å². The molecule has 176 valence electrons. The quantitative estimate of drug-likeness (QED) is 0.398. The summed E-state index contributed by atoms with van der Waals surface area (Å²) >= 11 is 0. The number of hydrogen-bond donors (Lipinski definition) is 1. The molecule has 0 aliphatic rings. The number of hydrogen-bond acceptors (Lipinski definition) is 4. The standard InChI is InChI=1S/C26H20F2N4O3/c1-35-18-9-6-16(7-10-18)13-31-15-29-24-19-4-2-3-5-22(19)32(25(24)26(31)34)14-23(33)30-17-8-11-20(27)21(28)12-17/h2-12,15H,13-14H2,1H3,(H,30,33). The molecule has 3 aromatic carbocycles. The fourth-order valence-electron chi connectivity index (χ4n) is 4.07. The molecule has 5 rings (SSSR count). The highest BCUT2D eigenvalue weighted by Crippen LogP contribution is 2.25. The van der Waals surface area contributed by atoms with E-state index in [-0.39, 0.29) is 29.9 Å². The predicted molar refractivity (Wildman–Crippen MR) is 129 cm³/mol. The molecule has 2 aromatic heterocycles. The number of methoxy groups -OCH3 is 1. The summed E-state index contributed by atoms with van der Waals surface area (Å²) < 4.78 is 35.0. The van der Waals surface area contributed by atoms with Gasteiger partial charge >= 0.3 is 0 Å². The summed E-state index contributed by atoms with van der Waals surface area (Å²) in [6.45, 7) is 0.0703. The Hall–Kier alpha value is -4.53. The van der Waals surface area contributed by atoms with Gasteiger partial charge in [0.1, 0.15) is 23.3 Å². The lowest BCUT2D eigenvalue weighted by molar-refractivity contribution is -0.116. The summed E-state index contributed by atoms with van der Waals surface area (Å²) in [4.78, 5) is 30.9. The average molecular weight is 474 g/mol. The Kier molecular flexibility index (Phi) is 5.74. The molecule has 0 bridgehead atoms. The van der Waals surface area contributed by atoms with Crippen molar-refractivity contribution in [1.82, 2.24) is 14.1 Å². The normalized spacial score (nSPS) is 11.2. The first kappa shape index (κ1) is 22.3. The van der Waals surface area contributed by atoms with Crippen LogP contribution in [0.4, 0.5) is 14.5 Å². The minimum atomic E-state index is -1.06. The maximum Gasteiger partial charge on any atom is 0.278 e. The second kappa shape index (κ2) is 9.02. The van der Waals surface area contributed by atoms with Crippen LogP contribution in [0.15, 0.2) is 77.9 Å². The SMILES string of the molecule is COc1ccc(Cn2cnc3c4ccccc4n(CC(=O)Nc4ccc(F)c(F)c4)c3c2=O)cc1. The zero-order chi connectivity index (χ0) is 24.5. The van der Waals surface area contributed by atoms with Crippen LogP contribution in [0, 0.1) is 11.6 Å². The van der Waals surface area contributed by atoms with E-state index in [1.54, 1.807) is 23.8 Å². The molecule has 7 nitrogen and oxygen atoms in total. The number of nitrogens with zero attached hydrogens (tertiary/aromatic N) is 3. The first-order valence-corrected chi connectivity index (χ1v) is 10.8. The van der Waals surface area contributed by atoms with Crippen molar-refractivity contribution in [2.24, 2.45) is 0 Å². The minimum Gasteiger partial charge on any atom is -0.497 e. The third-order valence-electron chi connectivity index (χ3n) is 5.75. The Labute approximate surface area is 198 Å². The molecule has 2 heterocycles. The number of nitrogens with one attached hydrogen (secondary N) is 1. The second-order valence-corrected chi connectivity index (χ2v) is 8.00. The Balaban J connectivity index is 1.54. The van der Waals surface area contributed by atoms with Crippen LogP contribution in [0.1, 0.15) is 5.56 Å². The number of anilines is 1. The van der Waals surface area contributed by atoms with Gasteiger partial charge in [0.25, 0.3) is 5.56 Å². The highest BCUT2D eigenvalue weighted by Gasteiger charge is 2.18. The van der Waals surface area contributed by atoms with Gasteiger partial charge in [0.05, 0.1) is 25.5 Å². The number of rotatable bonds is 6. The molecule has 9 heteroatoms. The van der Waals surface area contributed by atoms with Gasteiger partial charge in [-0.25, -0.2) is 13.8 Å². The van der Waals surface area contributed by atoms with E-state index >= 15 is 0 Å². The first-order valence-electron chi connectivity index (χ1n) is 10.8. The minimum absolute atomic E-state index is 0.115. The molecule has 1 amide bonds. The molecule has 0 atom stereocenters. The van der Waals surface area contributed by atoms with Crippen molar-refractivity contribution >= 4 is 33.5 Å². The van der Waals surface area contributed by atoms with Crippen molar-refractivity contribution < 1.29 is 18.3 Å². The molecule has 0 spiro atoms. The van der Waals surface area contributed by atoms with Crippen LogP contribution in [0.5, 0.6) is 5.75 Å². The summed E-state index contributed by atoms with van der Waals surface area (Å²) in [6, 6.07) is 17.7. The highest BCUT2D eigenvalue weighted by molar-refractivity contribution is 6.06. The van der Waals surface area contributed by atoms with Crippen LogP contribution in [-0.2, 0) is 17.9 Å². The van der Waals surface area contributed by atoms with Crippen molar-refractivity contribution in [3.63, 3.8) is 0 Å². The third kappa shape index (κ3) is 4.23. The van der Waals surface area contributed by atoms with Gasteiger partial charge < -0.3 is 14.6 Å². The van der Waals surface area contributed by atoms with Gasteiger partial charge in [0.15, 0.2) is 11.6 Å². The van der Waals surface area contributed by atoms with E-state index < -0.39 is 17.5 Å². The smallest absolute Gasteiger partial charge is 0.278 e. The Bertz CT molecular complexity index is 1620. The van der Waals surface area contributed by atoms with E-state index in [0.717, 1.165) is 23.1 Å². The van der Waals surface area contributed by atoms with E-state index in [1.807, 2.05) is 36.4 Å². The van der Waals surface area contributed by atoms with Crippen LogP contribution in [-0.4, -0.2) is 27.1 Å². The molecule has 0 unspecified atom stereocenters. The summed E-state index contributed by atoms with van der Waals surface area (Å²) in [5.74, 6) is -1.86. The van der Waals surface area contributed by atoms with Crippen molar-refractivity contribution in [3.8, 4) is 5.75 Å². The summed E-state index contributed by atoms with van der Waals surface area (Å²) in [5.41, 5.74) is 2.12. The Morgan fingerprint density at radius 1 is 1.03 bits per heavy atom. The van der Waals surface area contributed by atoms with Crippen LogP contribution in [0.25, 0.3) is 21.9 Å². The number of aromatic nitrogens is 3. The van der Waals surface area contributed by atoms with Crippen molar-refractivity contribution in [3.05, 3.63) is 101 Å². The average Bonchev–Trinajstić information content (AvgIpc) is 3.17. The molecule has 0 fully saturated rings. The third-order valence-corrected chi connectivity index (χ3v) is 5.75. The summed E-state index contributed by atoms with van der Waals surface area (Å²) in [7, 11) is 1.58. The molecule has 35 heavy (non-hydrogen) atoms. The maximum absolute atomic E-state index is 13.6. The molecule has 0 saturated heterocycles. The largest absolute Gasteiger partial charge is 0.497 e. The Morgan fingerprint density at radius 2 is 1.80 bits per heavy atom. The number of carbonyl (C=O) groups excluding carboxylic acids is 1. The molecule has 0 aliphatic carbocycles. The monoisotopic (exact) mass is 474 g/mol. The van der Waals surface area contributed by atoms with Crippen molar-refractivity contribution in [1.29, 1.82) is 0 Å². The van der Waals surface area contributed by atoms with Gasteiger partial charge in [0.2, 0.25) is 5.91 Å². The number of ether oxygens (including phenoxy) is 1. The number of fused-ring (bicyclic) bond motifs is 3. The first-order chi connectivity index (χ1) is 16.9. The number of carbonyl (C=O) groups is 1. The van der Waals surface area contributed by atoms with E-state index in [9.17, 15) is 18.4 Å². The lowest BCUT2D eigenvalue weighted by Gasteiger charge is -2.10. The van der Waals surface area contributed by atoms with Gasteiger partial charge in [-0.1, -0.05) is 30.3 Å². The van der Waals surface area contributed by atoms with E-state index in [4.69, 9.17) is 4.74 Å². The zero-order valence-electron chi connectivity index (χ0n) is 18.7. The molecule has 0 aliphatic heterocycles. The number of benzene rings is 3. The van der Waals surface area contributed by atoms with E-state index in [2.05, 4.69) is 10.3 Å². The number of para-hydroxylation sites is 1. The summed E-state index contributed by atoms with van der Waals surface area (Å²) in [6.07, 6.45) is 1.49. The molecule has 5 aromatic rings. The van der Waals surface area contributed by atoms with Crippen molar-refractivity contribution in [2.75, 3.05) is 12.4 Å². The van der Waals surface area contributed by atoms with Crippen LogP contribution in [0.3, 0.4) is 0 Å². The van der Waals surface area contributed by atoms with Gasteiger partial charge in [-0.15, -0.1) is 0 Å². The topological polar surface area (TPSA) is 78.2 Å². The molecule has 0 radical (unpaired) electrons. The molecule has 0 saturated carbocycles. The van der Waals surface area contributed by atoms with Crippen molar-refractivity contribution in [2.45, 2.75) is 13.1 Å². The molecular weight excluding hydrogens is 454 g/mol. The number of halogens is 2. The zero-order valence-corrected chi connectivity index (χ0v) is 18.7. The van der Waals surface area contributed by atoms with E-state index in [0.29, 0.717) is 16.8 Å². The fraction of sp³-hybridized carbons (Fsp3) is 0.115. The highest BCUT2D eigenvalue weighted by atomic mass is 19.2. The second-order valence-electron chi connectivity index (χ2n) is 8.00. The lowest BCUT2D eigenvalue weighted by Crippen LogP contribution is -2.25.